The van der Waals surface area contributed by atoms with Gasteiger partial charge in [0.1, 0.15) is 6.04 Å². The summed E-state index contributed by atoms with van der Waals surface area (Å²) in [6.45, 7) is 4.56. The van der Waals surface area contributed by atoms with Crippen LogP contribution in [0.2, 0.25) is 0 Å². The van der Waals surface area contributed by atoms with E-state index in [-0.39, 0.29) is 23.9 Å². The number of thiophene rings is 1. The molecule has 2 amide bonds. The molecule has 0 aliphatic carbocycles. The SMILES string of the molecule is O=C(NCCN1CCN(C(=O)C2CC(c3ccccc3)NN2)CC1)c1cccs1. The van der Waals surface area contributed by atoms with Crippen molar-refractivity contribution in [2.24, 2.45) is 0 Å². The van der Waals surface area contributed by atoms with Crippen LogP contribution in [0.3, 0.4) is 0 Å². The molecule has 2 aliphatic heterocycles. The van der Waals surface area contributed by atoms with Crippen LogP contribution in [0, 0.1) is 0 Å². The highest BCUT2D eigenvalue weighted by molar-refractivity contribution is 7.12. The highest BCUT2D eigenvalue weighted by Crippen LogP contribution is 2.23. The maximum Gasteiger partial charge on any atom is 0.261 e. The maximum absolute atomic E-state index is 12.9. The summed E-state index contributed by atoms with van der Waals surface area (Å²) in [7, 11) is 0. The van der Waals surface area contributed by atoms with Crippen molar-refractivity contribution in [1.29, 1.82) is 0 Å². The van der Waals surface area contributed by atoms with E-state index in [2.05, 4.69) is 33.2 Å². The van der Waals surface area contributed by atoms with E-state index < -0.39 is 0 Å². The molecule has 0 spiro atoms. The van der Waals surface area contributed by atoms with Gasteiger partial charge in [-0.25, -0.2) is 10.9 Å². The van der Waals surface area contributed by atoms with Crippen molar-refractivity contribution in [3.05, 3.63) is 58.3 Å². The molecule has 3 heterocycles. The van der Waals surface area contributed by atoms with Crippen LogP contribution < -0.4 is 16.2 Å². The van der Waals surface area contributed by atoms with Gasteiger partial charge < -0.3 is 10.2 Å². The van der Waals surface area contributed by atoms with Gasteiger partial charge >= 0.3 is 0 Å². The molecule has 2 saturated heterocycles. The molecule has 29 heavy (non-hydrogen) atoms. The second-order valence-electron chi connectivity index (χ2n) is 7.44. The molecule has 4 rings (SSSR count). The van der Waals surface area contributed by atoms with Gasteiger partial charge in [-0.1, -0.05) is 36.4 Å². The lowest BCUT2D eigenvalue weighted by Gasteiger charge is -2.35. The van der Waals surface area contributed by atoms with E-state index in [1.807, 2.05) is 40.6 Å². The Morgan fingerprint density at radius 2 is 1.83 bits per heavy atom. The first-order valence-corrected chi connectivity index (χ1v) is 11.0. The summed E-state index contributed by atoms with van der Waals surface area (Å²) in [5.74, 6) is 0.156. The number of hydrogen-bond acceptors (Lipinski definition) is 6. The summed E-state index contributed by atoms with van der Waals surface area (Å²) >= 11 is 1.45. The number of carbonyl (C=O) groups excluding carboxylic acids is 2. The molecule has 1 aromatic carbocycles. The molecule has 8 heteroatoms. The van der Waals surface area contributed by atoms with Crippen molar-refractivity contribution in [2.75, 3.05) is 39.3 Å². The Bertz CT molecular complexity index is 806. The fraction of sp³-hybridized carbons (Fsp3) is 0.429. The molecule has 0 radical (unpaired) electrons. The Kier molecular flexibility index (Phi) is 6.56. The number of piperazine rings is 1. The molecular formula is C21H27N5O2S. The smallest absolute Gasteiger partial charge is 0.261 e. The Morgan fingerprint density at radius 1 is 1.03 bits per heavy atom. The first-order chi connectivity index (χ1) is 14.2. The molecule has 0 saturated carbocycles. The van der Waals surface area contributed by atoms with Gasteiger partial charge in [0.15, 0.2) is 0 Å². The molecule has 3 N–H and O–H groups in total. The van der Waals surface area contributed by atoms with Crippen molar-refractivity contribution >= 4 is 23.2 Å². The van der Waals surface area contributed by atoms with Gasteiger partial charge in [0.25, 0.3) is 5.91 Å². The van der Waals surface area contributed by atoms with Crippen molar-refractivity contribution in [3.8, 4) is 0 Å². The third-order valence-corrected chi connectivity index (χ3v) is 6.41. The van der Waals surface area contributed by atoms with Crippen LogP contribution in [0.1, 0.15) is 27.7 Å². The molecule has 2 fully saturated rings. The van der Waals surface area contributed by atoms with Crippen molar-refractivity contribution in [1.82, 2.24) is 26.0 Å². The molecule has 2 aromatic rings. The van der Waals surface area contributed by atoms with Gasteiger partial charge in [0, 0.05) is 45.3 Å². The monoisotopic (exact) mass is 413 g/mol. The topological polar surface area (TPSA) is 76.7 Å². The number of carbonyl (C=O) groups is 2. The summed E-state index contributed by atoms with van der Waals surface area (Å²) in [5, 5.41) is 4.87. The second-order valence-corrected chi connectivity index (χ2v) is 8.39. The minimum Gasteiger partial charge on any atom is -0.350 e. The Morgan fingerprint density at radius 3 is 2.55 bits per heavy atom. The van der Waals surface area contributed by atoms with Crippen LogP contribution in [0.4, 0.5) is 0 Å². The zero-order chi connectivity index (χ0) is 20.1. The number of nitrogens with zero attached hydrogens (tertiary/aromatic N) is 2. The largest absolute Gasteiger partial charge is 0.350 e. The molecular weight excluding hydrogens is 386 g/mol. The summed E-state index contributed by atoms with van der Waals surface area (Å²) in [6.07, 6.45) is 0.762. The van der Waals surface area contributed by atoms with Gasteiger partial charge in [-0.3, -0.25) is 14.5 Å². The van der Waals surface area contributed by atoms with E-state index in [1.54, 1.807) is 0 Å². The highest BCUT2D eigenvalue weighted by atomic mass is 32.1. The average molecular weight is 414 g/mol. The van der Waals surface area contributed by atoms with Gasteiger partial charge in [-0.05, 0) is 23.4 Å². The van der Waals surface area contributed by atoms with Gasteiger partial charge in [-0.2, -0.15) is 0 Å². The average Bonchev–Trinajstić information content (AvgIpc) is 3.47. The first-order valence-electron chi connectivity index (χ1n) is 10.1. The predicted molar refractivity (Wildman–Crippen MR) is 114 cm³/mol. The van der Waals surface area contributed by atoms with Crippen LogP contribution in [-0.4, -0.2) is 66.9 Å². The number of rotatable bonds is 6. The first kappa shape index (κ1) is 20.0. The van der Waals surface area contributed by atoms with Crippen LogP contribution in [-0.2, 0) is 4.79 Å². The fourth-order valence-corrected chi connectivity index (χ4v) is 4.50. The van der Waals surface area contributed by atoms with E-state index in [4.69, 9.17) is 0 Å². The van der Waals surface area contributed by atoms with Crippen LogP contribution in [0.15, 0.2) is 47.8 Å². The molecule has 2 unspecified atom stereocenters. The highest BCUT2D eigenvalue weighted by Gasteiger charge is 2.33. The summed E-state index contributed by atoms with van der Waals surface area (Å²) in [5.41, 5.74) is 7.63. The predicted octanol–water partition coefficient (Wildman–Crippen LogP) is 1.23. The number of nitrogens with one attached hydrogen (secondary N) is 3. The summed E-state index contributed by atoms with van der Waals surface area (Å²) in [4.78, 5) is 29.8. The molecule has 0 bridgehead atoms. The number of hydrazine groups is 1. The van der Waals surface area contributed by atoms with E-state index in [0.29, 0.717) is 6.54 Å². The third-order valence-electron chi connectivity index (χ3n) is 5.55. The Hall–Kier alpha value is -2.26. The van der Waals surface area contributed by atoms with E-state index in [1.165, 1.54) is 16.9 Å². The van der Waals surface area contributed by atoms with Gasteiger partial charge in [-0.15, -0.1) is 11.3 Å². The van der Waals surface area contributed by atoms with Crippen LogP contribution in [0.25, 0.3) is 0 Å². The zero-order valence-corrected chi connectivity index (χ0v) is 17.2. The van der Waals surface area contributed by atoms with Crippen LogP contribution in [0.5, 0.6) is 0 Å². The molecule has 154 valence electrons. The van der Waals surface area contributed by atoms with E-state index >= 15 is 0 Å². The normalized spacial score (nSPS) is 22.6. The molecule has 7 nitrogen and oxygen atoms in total. The number of benzene rings is 1. The standard InChI is InChI=1S/C21H27N5O2S/c27-20(19-7-4-14-29-19)22-8-9-25-10-12-26(13-11-25)21(28)18-15-17(23-24-18)16-5-2-1-3-6-16/h1-7,14,17-18,23-24H,8-13,15H2,(H,22,27). The maximum atomic E-state index is 12.9. The molecule has 1 aromatic heterocycles. The lowest BCUT2D eigenvalue weighted by Crippen LogP contribution is -2.54. The zero-order valence-electron chi connectivity index (χ0n) is 16.3. The quantitative estimate of drug-likeness (QED) is 0.664. The third kappa shape index (κ3) is 5.02. The molecule has 2 aliphatic rings. The van der Waals surface area contributed by atoms with Gasteiger partial charge in [0.05, 0.1) is 4.88 Å². The number of hydrogen-bond donors (Lipinski definition) is 3. The van der Waals surface area contributed by atoms with Crippen molar-refractivity contribution < 1.29 is 9.59 Å². The minimum atomic E-state index is -0.183. The second kappa shape index (κ2) is 9.49. The lowest BCUT2D eigenvalue weighted by atomic mass is 10.0. The van der Waals surface area contributed by atoms with E-state index in [9.17, 15) is 9.59 Å². The lowest BCUT2D eigenvalue weighted by molar-refractivity contribution is -0.134. The fourth-order valence-electron chi connectivity index (χ4n) is 3.86. The van der Waals surface area contributed by atoms with Crippen LogP contribution >= 0.6 is 11.3 Å². The Labute approximate surface area is 175 Å². The summed E-state index contributed by atoms with van der Waals surface area (Å²) in [6, 6.07) is 13.9. The summed E-state index contributed by atoms with van der Waals surface area (Å²) < 4.78 is 0. The van der Waals surface area contributed by atoms with Crippen molar-refractivity contribution in [2.45, 2.75) is 18.5 Å². The van der Waals surface area contributed by atoms with Gasteiger partial charge in [0.2, 0.25) is 5.91 Å². The number of amides is 2. The minimum absolute atomic E-state index is 0.0124. The van der Waals surface area contributed by atoms with E-state index in [0.717, 1.165) is 44.0 Å². The van der Waals surface area contributed by atoms with Crippen molar-refractivity contribution in [3.63, 3.8) is 0 Å². The molecule has 2 atom stereocenters. The Balaban J connectivity index is 1.18.